The molecule has 3 rings (SSSR count). The van der Waals surface area contributed by atoms with Crippen LogP contribution in [0.3, 0.4) is 0 Å². The second-order valence-electron chi connectivity index (χ2n) is 6.60. The Balaban J connectivity index is 1.97. The van der Waals surface area contributed by atoms with E-state index in [1.165, 1.54) is 11.3 Å². The predicted molar refractivity (Wildman–Crippen MR) is 83.6 cm³/mol. The van der Waals surface area contributed by atoms with Gasteiger partial charge in [0.25, 0.3) is 0 Å². The van der Waals surface area contributed by atoms with Gasteiger partial charge in [-0.3, -0.25) is 0 Å². The van der Waals surface area contributed by atoms with Crippen LogP contribution in [-0.2, 0) is 15.7 Å². The van der Waals surface area contributed by atoms with Gasteiger partial charge in [0.2, 0.25) is 0 Å². The minimum Gasteiger partial charge on any atom is -0.398 e. The molecular formula is C14H20BFN2O2S. The van der Waals surface area contributed by atoms with E-state index in [-0.39, 0.29) is 5.73 Å². The van der Waals surface area contributed by atoms with Gasteiger partial charge in [-0.2, -0.15) is 0 Å². The summed E-state index contributed by atoms with van der Waals surface area (Å²) in [7, 11) is -0.945. The quantitative estimate of drug-likeness (QED) is 0.808. The fourth-order valence-electron chi connectivity index (χ4n) is 2.64. The first kappa shape index (κ1) is 15.0. The van der Waals surface area contributed by atoms with Gasteiger partial charge in [-0.1, -0.05) is 11.3 Å². The summed E-state index contributed by atoms with van der Waals surface area (Å²) in [5.41, 5.74) is 5.88. The molecule has 4 nitrogen and oxygen atoms in total. The first-order chi connectivity index (χ1) is 9.71. The van der Waals surface area contributed by atoms with Crippen molar-refractivity contribution >= 4 is 29.2 Å². The van der Waals surface area contributed by atoms with Crippen molar-refractivity contribution in [3.8, 4) is 0 Å². The van der Waals surface area contributed by atoms with Gasteiger partial charge in [-0.15, -0.1) is 0 Å². The number of aryl methyl sites for hydroxylation is 1. The number of fused-ring (bicyclic) bond motifs is 1. The fraction of sp³-hybridized carbons (Fsp3) is 0.643. The topological polar surface area (TPSA) is 57.4 Å². The number of anilines is 1. The largest absolute Gasteiger partial charge is 0.525 e. The van der Waals surface area contributed by atoms with Crippen LogP contribution in [0.5, 0.6) is 0 Å². The Morgan fingerprint density at radius 1 is 1.24 bits per heavy atom. The molecule has 7 heteroatoms. The van der Waals surface area contributed by atoms with Crippen molar-refractivity contribution in [2.45, 2.75) is 58.2 Å². The normalized spacial score (nSPS) is 25.9. The Morgan fingerprint density at radius 3 is 2.48 bits per heavy atom. The van der Waals surface area contributed by atoms with Crippen molar-refractivity contribution in [1.29, 1.82) is 0 Å². The monoisotopic (exact) mass is 310 g/mol. The van der Waals surface area contributed by atoms with Gasteiger partial charge in [0.15, 0.2) is 5.13 Å². The molecule has 0 saturated carbocycles. The van der Waals surface area contributed by atoms with Gasteiger partial charge >= 0.3 is 7.12 Å². The number of aromatic nitrogens is 1. The molecule has 114 valence electrons. The highest BCUT2D eigenvalue weighted by atomic mass is 32.1. The van der Waals surface area contributed by atoms with E-state index in [1.54, 1.807) is 0 Å². The summed E-state index contributed by atoms with van der Waals surface area (Å²) in [6.45, 7) is 7.67. The third-order valence-corrected chi connectivity index (χ3v) is 5.56. The second kappa shape index (κ2) is 4.79. The highest BCUT2D eigenvalue weighted by Crippen LogP contribution is 2.43. The molecule has 2 aliphatic rings. The Morgan fingerprint density at radius 2 is 1.86 bits per heavy atom. The molecule has 1 fully saturated rings. The molecule has 0 bridgehead atoms. The first-order valence-electron chi connectivity index (χ1n) is 7.21. The lowest BCUT2D eigenvalue weighted by Gasteiger charge is -2.32. The summed E-state index contributed by atoms with van der Waals surface area (Å²) < 4.78 is 26.5. The predicted octanol–water partition coefficient (Wildman–Crippen LogP) is 3.37. The van der Waals surface area contributed by atoms with Crippen LogP contribution < -0.4 is 5.73 Å². The van der Waals surface area contributed by atoms with Crippen molar-refractivity contribution in [3.05, 3.63) is 16.3 Å². The summed E-state index contributed by atoms with van der Waals surface area (Å²) in [5.74, 6) is 0. The van der Waals surface area contributed by atoms with E-state index in [4.69, 9.17) is 15.0 Å². The van der Waals surface area contributed by atoms with Crippen LogP contribution in [0, 0.1) is 0 Å². The zero-order valence-electron chi connectivity index (χ0n) is 12.8. The number of hydrogen-bond acceptors (Lipinski definition) is 5. The van der Waals surface area contributed by atoms with Crippen LogP contribution in [0.2, 0.25) is 0 Å². The summed E-state index contributed by atoms with van der Waals surface area (Å²) in [5, 5.41) is 0.487. The smallest absolute Gasteiger partial charge is 0.398 e. The fourth-order valence-corrected chi connectivity index (χ4v) is 3.59. The van der Waals surface area contributed by atoms with Crippen molar-refractivity contribution in [2.24, 2.45) is 0 Å². The lowest BCUT2D eigenvalue weighted by atomic mass is 9.81. The molecule has 2 N–H and O–H groups in total. The average Bonchev–Trinajstić information content (AvgIpc) is 2.85. The zero-order chi connectivity index (χ0) is 15.4. The summed E-state index contributed by atoms with van der Waals surface area (Å²) in [6.07, 6.45) is 2.39. The number of halogens is 1. The highest BCUT2D eigenvalue weighted by molar-refractivity contribution is 7.16. The molecule has 0 amide bonds. The number of nitrogens with zero attached hydrogens (tertiary/aromatic N) is 1. The Kier molecular flexibility index (Phi) is 3.42. The number of hydrogen-bond donors (Lipinski definition) is 1. The molecule has 0 spiro atoms. The van der Waals surface area contributed by atoms with Crippen LogP contribution in [0.1, 0.15) is 51.1 Å². The number of nitrogen functional groups attached to an aromatic ring is 1. The van der Waals surface area contributed by atoms with Gasteiger partial charge in [0.05, 0.1) is 21.8 Å². The molecule has 0 aromatic carbocycles. The number of thiazole rings is 1. The van der Waals surface area contributed by atoms with Crippen LogP contribution in [-0.4, -0.2) is 23.3 Å². The van der Waals surface area contributed by atoms with Crippen molar-refractivity contribution < 1.29 is 13.7 Å². The van der Waals surface area contributed by atoms with E-state index in [9.17, 15) is 4.39 Å². The maximum Gasteiger partial charge on any atom is 0.525 e. The molecule has 21 heavy (non-hydrogen) atoms. The lowest BCUT2D eigenvalue weighted by Crippen LogP contribution is -2.41. The zero-order valence-corrected chi connectivity index (χ0v) is 13.6. The third kappa shape index (κ3) is 2.41. The van der Waals surface area contributed by atoms with E-state index in [1.807, 2.05) is 27.7 Å². The van der Waals surface area contributed by atoms with Crippen LogP contribution in [0.25, 0.3) is 5.57 Å². The highest BCUT2D eigenvalue weighted by Gasteiger charge is 2.53. The standard InChI is InChI=1S/C14H20BFN2O2S/c1-13(2)14(3,4)20-15(19-13)11(16)8-6-5-7-9-10(8)21-12(17)18-9/h5-7H2,1-4H3,(H2,17,18). The van der Waals surface area contributed by atoms with Crippen LogP contribution in [0.15, 0.2) is 5.73 Å². The third-order valence-electron chi connectivity index (χ3n) is 4.58. The van der Waals surface area contributed by atoms with Gasteiger partial charge in [0.1, 0.15) is 5.73 Å². The van der Waals surface area contributed by atoms with Crippen molar-refractivity contribution in [2.75, 3.05) is 5.73 Å². The molecule has 1 aliphatic heterocycles. The number of allylic oxidation sites excluding steroid dienone is 1. The molecule has 0 radical (unpaired) electrons. The summed E-state index contributed by atoms with van der Waals surface area (Å²) in [4.78, 5) is 5.13. The molecule has 0 atom stereocenters. The lowest BCUT2D eigenvalue weighted by molar-refractivity contribution is 0.00578. The van der Waals surface area contributed by atoms with Crippen LogP contribution in [0.4, 0.5) is 9.52 Å². The second-order valence-corrected chi connectivity index (χ2v) is 7.63. The minimum atomic E-state index is -0.945. The minimum absolute atomic E-state index is 0.335. The van der Waals surface area contributed by atoms with E-state index in [0.717, 1.165) is 23.4 Å². The Hall–Kier alpha value is -0.915. The van der Waals surface area contributed by atoms with Gasteiger partial charge in [0, 0.05) is 0 Å². The maximum atomic E-state index is 14.9. The molecule has 1 saturated heterocycles. The SMILES string of the molecule is CC1(C)OB(C(F)=C2CCCc3nc(N)sc32)OC1(C)C. The van der Waals surface area contributed by atoms with Crippen molar-refractivity contribution in [1.82, 2.24) is 4.98 Å². The van der Waals surface area contributed by atoms with Crippen LogP contribution >= 0.6 is 11.3 Å². The van der Waals surface area contributed by atoms with E-state index in [0.29, 0.717) is 17.1 Å². The summed E-state index contributed by atoms with van der Waals surface area (Å²) >= 11 is 1.34. The Labute approximate surface area is 128 Å². The molecule has 1 aliphatic carbocycles. The van der Waals surface area contributed by atoms with Gasteiger partial charge in [-0.25, -0.2) is 9.37 Å². The Bertz CT molecular complexity index is 596. The van der Waals surface area contributed by atoms with Gasteiger partial charge in [-0.05, 0) is 52.5 Å². The molecule has 1 aromatic rings. The number of nitrogens with two attached hydrogens (primary N) is 1. The van der Waals surface area contributed by atoms with E-state index in [2.05, 4.69) is 4.98 Å². The maximum absolute atomic E-state index is 14.9. The molecule has 0 unspecified atom stereocenters. The summed E-state index contributed by atoms with van der Waals surface area (Å²) in [6, 6.07) is 0. The molecule has 2 heterocycles. The average molecular weight is 310 g/mol. The van der Waals surface area contributed by atoms with Crippen molar-refractivity contribution in [3.63, 3.8) is 0 Å². The molecule has 1 aromatic heterocycles. The first-order valence-corrected chi connectivity index (χ1v) is 8.03. The van der Waals surface area contributed by atoms with E-state index < -0.39 is 18.3 Å². The van der Waals surface area contributed by atoms with Gasteiger partial charge < -0.3 is 15.0 Å². The molecular weight excluding hydrogens is 290 g/mol. The van der Waals surface area contributed by atoms with E-state index >= 15 is 0 Å². The number of rotatable bonds is 1.